The van der Waals surface area contributed by atoms with Crippen LogP contribution in [0.5, 0.6) is 0 Å². The highest BCUT2D eigenvalue weighted by atomic mass is 15.5. The van der Waals surface area contributed by atoms with Gasteiger partial charge in [0, 0.05) is 43.8 Å². The summed E-state index contributed by atoms with van der Waals surface area (Å²) in [6, 6.07) is 74.1. The first-order valence-electron chi connectivity index (χ1n) is 23.1. The van der Waals surface area contributed by atoms with Crippen molar-refractivity contribution in [2.45, 2.75) is 18.2 Å². The number of para-hydroxylation sites is 2. The highest BCUT2D eigenvalue weighted by Crippen LogP contribution is 2.55. The average Bonchev–Trinajstić information content (AvgIpc) is 3.62. The second-order valence-electron chi connectivity index (χ2n) is 17.6. The molecule has 1 fully saturated rings. The van der Waals surface area contributed by atoms with Crippen LogP contribution < -0.4 is 0 Å². The maximum absolute atomic E-state index is 5.47. The number of pyridine rings is 1. The first kappa shape index (κ1) is 38.4. The molecule has 14 rings (SSSR count). The Labute approximate surface area is 391 Å². The van der Waals surface area contributed by atoms with Crippen LogP contribution in [0.1, 0.15) is 18.0 Å². The predicted molar refractivity (Wildman–Crippen MR) is 273 cm³/mol. The van der Waals surface area contributed by atoms with E-state index in [1.165, 1.54) is 10.8 Å². The number of hydrogen-bond acceptors (Lipinski definition) is 6. The van der Waals surface area contributed by atoms with Gasteiger partial charge in [0.2, 0.25) is 0 Å². The smallest absolute Gasteiger partial charge is 0.179 e. The molecule has 2 aliphatic rings. The summed E-state index contributed by atoms with van der Waals surface area (Å²) in [4.78, 5) is 29.0. The molecule has 7 heterocycles. The molecule has 2 aliphatic heterocycles. The van der Waals surface area contributed by atoms with E-state index in [1.54, 1.807) is 0 Å². The molecule has 5 aromatic heterocycles. The fourth-order valence-corrected chi connectivity index (χ4v) is 10.5. The third-order valence-electron chi connectivity index (χ3n) is 13.7. The Bertz CT molecular complexity index is 3820. The summed E-state index contributed by atoms with van der Waals surface area (Å²) in [6.07, 6.45) is 4.61. The third kappa shape index (κ3) is 6.15. The van der Waals surface area contributed by atoms with Crippen LogP contribution in [0, 0.1) is 0 Å². The van der Waals surface area contributed by atoms with Gasteiger partial charge in [-0.1, -0.05) is 182 Å². The van der Waals surface area contributed by atoms with Crippen molar-refractivity contribution in [2.24, 2.45) is 0 Å². The van der Waals surface area contributed by atoms with Crippen LogP contribution in [0.2, 0.25) is 0 Å². The molecule has 12 aromatic rings. The van der Waals surface area contributed by atoms with Crippen LogP contribution in [-0.4, -0.2) is 45.0 Å². The Morgan fingerprint density at radius 3 is 1.41 bits per heavy atom. The lowest BCUT2D eigenvalue weighted by molar-refractivity contribution is 0.359. The van der Waals surface area contributed by atoms with Crippen molar-refractivity contribution < 1.29 is 0 Å². The molecule has 0 N–H and O–H groups in total. The van der Waals surface area contributed by atoms with Gasteiger partial charge in [-0.05, 0) is 42.5 Å². The molecule has 7 aromatic carbocycles. The van der Waals surface area contributed by atoms with Crippen LogP contribution in [0.3, 0.4) is 0 Å². The van der Waals surface area contributed by atoms with Gasteiger partial charge in [0.05, 0.1) is 56.9 Å². The molecule has 8 heteroatoms. The van der Waals surface area contributed by atoms with Gasteiger partial charge in [-0.15, -0.1) is 0 Å². The summed E-state index contributed by atoms with van der Waals surface area (Å²) < 4.78 is 4.89. The molecule has 8 nitrogen and oxygen atoms in total. The van der Waals surface area contributed by atoms with Crippen LogP contribution in [-0.2, 0) is 0 Å². The lowest BCUT2D eigenvalue weighted by Gasteiger charge is -2.20. The van der Waals surface area contributed by atoms with Gasteiger partial charge in [-0.2, -0.15) is 0 Å². The molecule has 68 heavy (non-hydrogen) atoms. The van der Waals surface area contributed by atoms with Gasteiger partial charge >= 0.3 is 0 Å². The fourth-order valence-electron chi connectivity index (χ4n) is 10.5. The van der Waals surface area contributed by atoms with Crippen molar-refractivity contribution >= 4 is 43.6 Å². The predicted octanol–water partition coefficient (Wildman–Crippen LogP) is 13.7. The normalized spacial score (nSPS) is 17.4. The molecule has 0 amide bonds. The van der Waals surface area contributed by atoms with Crippen molar-refractivity contribution in [3.8, 4) is 62.4 Å². The molecule has 4 atom stereocenters. The molecule has 0 aliphatic carbocycles. The Morgan fingerprint density at radius 2 is 0.838 bits per heavy atom. The summed E-state index contributed by atoms with van der Waals surface area (Å²) in [7, 11) is 0. The van der Waals surface area contributed by atoms with E-state index in [0.29, 0.717) is 11.5 Å². The number of benzene rings is 7. The highest BCUT2D eigenvalue weighted by Gasteiger charge is 2.56. The minimum atomic E-state index is -0.0987. The first-order valence-corrected chi connectivity index (χ1v) is 23.1. The standard InChI is InChI=1S/C60H40N8/c1-5-18-38(19-6-1)47-36-48(39-20-7-2-8-21-39)63-59(62-47)46-28-17-31-54(61-46)66-51-29-15-13-26-42(51)44-32-33-45-43-27-14-16-30-52(43)67(57(45)56(44)66)55-35-34-53-58(68(53)55)60-64-49(40-22-9-3-10-23-40)37-50(65-60)41-24-11-4-12-25-41/h1-37,53,55,58H. The van der Waals surface area contributed by atoms with Crippen molar-refractivity contribution in [3.05, 3.63) is 230 Å². The minimum absolute atomic E-state index is 0.00294. The van der Waals surface area contributed by atoms with Gasteiger partial charge in [0.15, 0.2) is 5.82 Å². The third-order valence-corrected chi connectivity index (χ3v) is 13.7. The van der Waals surface area contributed by atoms with E-state index in [4.69, 9.17) is 24.9 Å². The lowest BCUT2D eigenvalue weighted by atomic mass is 10.1. The summed E-state index contributed by atoms with van der Waals surface area (Å²) in [5, 5.41) is 4.70. The minimum Gasteiger partial charge on any atom is -0.319 e. The Kier molecular flexibility index (Phi) is 8.69. The lowest BCUT2D eigenvalue weighted by Crippen LogP contribution is -2.16. The SMILES string of the molecule is C1=CC(n2c3ccccc3c3ccc4c5ccccc5n(-c5cccc(-c6nc(-c7ccccc7)cc(-c7ccccc7)n6)n5)c4c32)N2C1C2c1nc(-c2ccccc2)cc(-c2ccccc2)n1. The fraction of sp³-hybridized carbons (Fsp3) is 0.0500. The van der Waals surface area contributed by atoms with Crippen molar-refractivity contribution in [2.75, 3.05) is 0 Å². The van der Waals surface area contributed by atoms with E-state index in [0.717, 1.165) is 89.5 Å². The van der Waals surface area contributed by atoms with Crippen molar-refractivity contribution in [1.29, 1.82) is 0 Å². The van der Waals surface area contributed by atoms with E-state index >= 15 is 0 Å². The molecule has 0 bridgehead atoms. The zero-order valence-corrected chi connectivity index (χ0v) is 36.7. The maximum atomic E-state index is 5.47. The molecule has 0 saturated carbocycles. The Hall–Kier alpha value is -8.85. The van der Waals surface area contributed by atoms with Gasteiger partial charge < -0.3 is 4.57 Å². The van der Waals surface area contributed by atoms with Crippen molar-refractivity contribution in [3.63, 3.8) is 0 Å². The zero-order chi connectivity index (χ0) is 44.7. The molecule has 4 unspecified atom stereocenters. The van der Waals surface area contributed by atoms with Crippen LogP contribution in [0.4, 0.5) is 0 Å². The Morgan fingerprint density at radius 1 is 0.353 bits per heavy atom. The largest absolute Gasteiger partial charge is 0.319 e. The van der Waals surface area contributed by atoms with Crippen LogP contribution >= 0.6 is 0 Å². The quantitative estimate of drug-likeness (QED) is 0.112. The van der Waals surface area contributed by atoms with Crippen molar-refractivity contribution in [1.82, 2.24) is 39.0 Å². The summed E-state index contributed by atoms with van der Waals surface area (Å²) in [6.45, 7) is 0. The van der Waals surface area contributed by atoms with E-state index < -0.39 is 0 Å². The maximum Gasteiger partial charge on any atom is 0.179 e. The summed E-state index contributed by atoms with van der Waals surface area (Å²) in [5.74, 6) is 2.19. The number of fused-ring (bicyclic) bond motifs is 8. The van der Waals surface area contributed by atoms with E-state index in [1.807, 2.05) is 54.6 Å². The van der Waals surface area contributed by atoms with E-state index in [2.05, 4.69) is 184 Å². The Balaban J connectivity index is 0.954. The van der Waals surface area contributed by atoms with Gasteiger partial charge in [0.1, 0.15) is 23.5 Å². The monoisotopic (exact) mass is 872 g/mol. The summed E-state index contributed by atoms with van der Waals surface area (Å²) in [5.41, 5.74) is 12.9. The number of aromatic nitrogens is 7. The summed E-state index contributed by atoms with van der Waals surface area (Å²) >= 11 is 0. The van der Waals surface area contributed by atoms with E-state index in [-0.39, 0.29) is 18.2 Å². The highest BCUT2D eigenvalue weighted by molar-refractivity contribution is 6.23. The second-order valence-corrected chi connectivity index (χ2v) is 17.6. The molecular weight excluding hydrogens is 833 g/mol. The van der Waals surface area contributed by atoms with E-state index in [9.17, 15) is 0 Å². The number of hydrogen-bond donors (Lipinski definition) is 0. The van der Waals surface area contributed by atoms with Crippen LogP contribution in [0.15, 0.2) is 224 Å². The molecule has 1 saturated heterocycles. The first-order chi connectivity index (χ1) is 33.7. The van der Waals surface area contributed by atoms with Gasteiger partial charge in [-0.3, -0.25) is 9.47 Å². The molecule has 0 radical (unpaired) electrons. The molecular formula is C60H40N8. The molecule has 320 valence electrons. The topological polar surface area (TPSA) is 77.3 Å². The number of nitrogens with zero attached hydrogens (tertiary/aromatic N) is 8. The second kappa shape index (κ2) is 15.4. The zero-order valence-electron chi connectivity index (χ0n) is 36.7. The van der Waals surface area contributed by atoms with Gasteiger partial charge in [0.25, 0.3) is 0 Å². The van der Waals surface area contributed by atoms with Gasteiger partial charge in [-0.25, -0.2) is 24.9 Å². The van der Waals surface area contributed by atoms with Crippen LogP contribution in [0.25, 0.3) is 106 Å². The average molecular weight is 873 g/mol. The number of rotatable bonds is 8. The molecule has 0 spiro atoms.